The summed E-state index contributed by atoms with van der Waals surface area (Å²) in [4.78, 5) is 0. The third-order valence-corrected chi connectivity index (χ3v) is 5.45. The lowest BCUT2D eigenvalue weighted by Crippen LogP contribution is -2.38. The molecule has 0 aromatic rings. The van der Waals surface area contributed by atoms with Crippen molar-refractivity contribution in [3.05, 3.63) is 0 Å². The van der Waals surface area contributed by atoms with Crippen LogP contribution in [0.4, 0.5) is 0 Å². The number of sulfonamides is 1. The highest BCUT2D eigenvalue weighted by atomic mass is 32.2. The van der Waals surface area contributed by atoms with Crippen molar-refractivity contribution in [2.24, 2.45) is 5.92 Å². The molecule has 0 amide bonds. The molecule has 0 radical (unpaired) electrons. The van der Waals surface area contributed by atoms with Gasteiger partial charge in [-0.25, -0.2) is 12.7 Å². The normalized spacial score (nSPS) is 18.7. The van der Waals surface area contributed by atoms with Crippen LogP contribution in [-0.2, 0) is 10.0 Å². The van der Waals surface area contributed by atoms with Crippen LogP contribution in [0.5, 0.6) is 0 Å². The summed E-state index contributed by atoms with van der Waals surface area (Å²) in [7, 11) is -1.36. The average molecular weight is 276 g/mol. The Morgan fingerprint density at radius 1 is 1.22 bits per heavy atom. The molecule has 0 saturated heterocycles. The summed E-state index contributed by atoms with van der Waals surface area (Å²) in [5, 5.41) is 3.15. The largest absolute Gasteiger partial charge is 0.313 e. The van der Waals surface area contributed by atoms with Gasteiger partial charge in [0.05, 0.1) is 5.75 Å². The van der Waals surface area contributed by atoms with Gasteiger partial charge in [0.1, 0.15) is 0 Å². The fourth-order valence-corrected chi connectivity index (χ4v) is 3.60. The van der Waals surface area contributed by atoms with E-state index in [2.05, 4.69) is 5.32 Å². The summed E-state index contributed by atoms with van der Waals surface area (Å²) in [5.74, 6) is 0.769. The van der Waals surface area contributed by atoms with Gasteiger partial charge in [-0.05, 0) is 18.8 Å². The summed E-state index contributed by atoms with van der Waals surface area (Å²) in [5.41, 5.74) is 0. The molecule has 0 unspecified atom stereocenters. The van der Waals surface area contributed by atoms with E-state index >= 15 is 0 Å². The first-order chi connectivity index (χ1) is 8.42. The molecule has 1 rings (SSSR count). The van der Waals surface area contributed by atoms with E-state index in [4.69, 9.17) is 0 Å². The summed E-state index contributed by atoms with van der Waals surface area (Å²) in [6, 6.07) is 0.337. The lowest BCUT2D eigenvalue weighted by atomic mass is 9.89. The Kier molecular flexibility index (Phi) is 6.60. The van der Waals surface area contributed by atoms with Crippen LogP contribution in [0, 0.1) is 5.92 Å². The van der Waals surface area contributed by atoms with Crippen LogP contribution in [0.2, 0.25) is 0 Å². The fourth-order valence-electron chi connectivity index (χ4n) is 2.48. The van der Waals surface area contributed by atoms with E-state index in [-0.39, 0.29) is 5.75 Å². The molecule has 0 heterocycles. The maximum Gasteiger partial charge on any atom is 0.215 e. The Morgan fingerprint density at radius 2 is 1.83 bits per heavy atom. The first-order valence-electron chi connectivity index (χ1n) is 7.09. The molecule has 0 aliphatic heterocycles. The van der Waals surface area contributed by atoms with E-state index < -0.39 is 10.0 Å². The Balaban J connectivity index is 2.35. The van der Waals surface area contributed by atoms with E-state index in [0.29, 0.717) is 25.0 Å². The minimum atomic E-state index is -3.08. The predicted octanol–water partition coefficient (Wildman–Crippen LogP) is 1.83. The Hall–Kier alpha value is -0.130. The van der Waals surface area contributed by atoms with Gasteiger partial charge in [0.25, 0.3) is 0 Å². The minimum Gasteiger partial charge on any atom is -0.313 e. The van der Waals surface area contributed by atoms with Crippen LogP contribution in [0.15, 0.2) is 0 Å². The van der Waals surface area contributed by atoms with E-state index in [9.17, 15) is 8.42 Å². The van der Waals surface area contributed by atoms with Gasteiger partial charge in [0.2, 0.25) is 10.0 Å². The molecular weight excluding hydrogens is 248 g/mol. The summed E-state index contributed by atoms with van der Waals surface area (Å²) in [6.45, 7) is 5.29. The van der Waals surface area contributed by atoms with E-state index in [0.717, 1.165) is 0 Å². The van der Waals surface area contributed by atoms with Crippen molar-refractivity contribution >= 4 is 10.0 Å². The van der Waals surface area contributed by atoms with Crippen LogP contribution in [-0.4, -0.2) is 44.7 Å². The van der Waals surface area contributed by atoms with Gasteiger partial charge in [-0.15, -0.1) is 0 Å². The fraction of sp³-hybridized carbons (Fsp3) is 1.00. The molecule has 4 nitrogen and oxygen atoms in total. The van der Waals surface area contributed by atoms with E-state index in [1.54, 1.807) is 11.4 Å². The second kappa shape index (κ2) is 7.46. The molecular formula is C13H28N2O2S. The van der Waals surface area contributed by atoms with Gasteiger partial charge in [-0.1, -0.05) is 33.1 Å². The molecule has 1 fully saturated rings. The molecule has 5 heteroatoms. The van der Waals surface area contributed by atoms with Crippen LogP contribution in [0.1, 0.15) is 46.0 Å². The molecule has 1 N–H and O–H groups in total. The Morgan fingerprint density at radius 3 is 2.39 bits per heavy atom. The smallest absolute Gasteiger partial charge is 0.215 e. The van der Waals surface area contributed by atoms with E-state index in [1.165, 1.54) is 32.1 Å². The van der Waals surface area contributed by atoms with Gasteiger partial charge in [0.15, 0.2) is 0 Å². The van der Waals surface area contributed by atoms with Crippen molar-refractivity contribution in [3.63, 3.8) is 0 Å². The van der Waals surface area contributed by atoms with Gasteiger partial charge >= 0.3 is 0 Å². The van der Waals surface area contributed by atoms with Crippen LogP contribution >= 0.6 is 0 Å². The lowest BCUT2D eigenvalue weighted by molar-refractivity contribution is 0.300. The highest BCUT2D eigenvalue weighted by molar-refractivity contribution is 7.89. The molecule has 1 saturated carbocycles. The molecule has 0 bridgehead atoms. The molecule has 0 aromatic carbocycles. The lowest BCUT2D eigenvalue weighted by Gasteiger charge is -2.26. The SMILES string of the molecule is CC(C)NCCS(=O)(=O)N(C)CC1CCCCC1. The third kappa shape index (κ3) is 5.67. The molecule has 0 spiro atoms. The molecule has 1 aliphatic rings. The summed E-state index contributed by atoms with van der Waals surface area (Å²) >= 11 is 0. The monoisotopic (exact) mass is 276 g/mol. The van der Waals surface area contributed by atoms with Crippen LogP contribution in [0.25, 0.3) is 0 Å². The minimum absolute atomic E-state index is 0.203. The van der Waals surface area contributed by atoms with Gasteiger partial charge in [0, 0.05) is 26.2 Å². The number of hydrogen-bond donors (Lipinski definition) is 1. The first-order valence-corrected chi connectivity index (χ1v) is 8.70. The second-order valence-electron chi connectivity index (χ2n) is 5.71. The van der Waals surface area contributed by atoms with Crippen molar-refractivity contribution in [1.82, 2.24) is 9.62 Å². The predicted molar refractivity (Wildman–Crippen MR) is 76.1 cm³/mol. The zero-order chi connectivity index (χ0) is 13.6. The number of rotatable bonds is 7. The molecule has 18 heavy (non-hydrogen) atoms. The molecule has 0 atom stereocenters. The van der Waals surface area contributed by atoms with Crippen molar-refractivity contribution in [2.45, 2.75) is 52.0 Å². The van der Waals surface area contributed by atoms with Gasteiger partial charge in [-0.2, -0.15) is 0 Å². The standard InChI is InChI=1S/C13H28N2O2S/c1-12(2)14-9-10-18(16,17)15(3)11-13-7-5-4-6-8-13/h12-14H,4-11H2,1-3H3. The second-order valence-corrected chi connectivity index (χ2v) is 7.90. The highest BCUT2D eigenvalue weighted by Crippen LogP contribution is 2.24. The third-order valence-electron chi connectivity index (χ3n) is 3.63. The molecule has 1 aliphatic carbocycles. The Labute approximate surface area is 112 Å². The topological polar surface area (TPSA) is 49.4 Å². The van der Waals surface area contributed by atoms with Gasteiger partial charge < -0.3 is 5.32 Å². The first kappa shape index (κ1) is 15.9. The average Bonchev–Trinajstić information content (AvgIpc) is 2.29. The van der Waals surface area contributed by atoms with Crippen molar-refractivity contribution in [3.8, 4) is 0 Å². The van der Waals surface area contributed by atoms with Crippen LogP contribution in [0.3, 0.4) is 0 Å². The summed E-state index contributed by atoms with van der Waals surface area (Å²) < 4.78 is 25.7. The van der Waals surface area contributed by atoms with Crippen molar-refractivity contribution in [2.75, 3.05) is 25.9 Å². The number of nitrogens with zero attached hydrogens (tertiary/aromatic N) is 1. The quantitative estimate of drug-likeness (QED) is 0.772. The zero-order valence-electron chi connectivity index (χ0n) is 12.0. The Bertz CT molecular complexity index is 322. The zero-order valence-corrected chi connectivity index (χ0v) is 12.8. The summed E-state index contributed by atoms with van der Waals surface area (Å²) in [6.07, 6.45) is 6.19. The number of hydrogen-bond acceptors (Lipinski definition) is 3. The maximum absolute atomic E-state index is 12.1. The van der Waals surface area contributed by atoms with E-state index in [1.807, 2.05) is 13.8 Å². The highest BCUT2D eigenvalue weighted by Gasteiger charge is 2.22. The van der Waals surface area contributed by atoms with Crippen LogP contribution < -0.4 is 5.32 Å². The maximum atomic E-state index is 12.1. The van der Waals surface area contributed by atoms with Crippen molar-refractivity contribution in [1.29, 1.82) is 0 Å². The van der Waals surface area contributed by atoms with Crippen molar-refractivity contribution < 1.29 is 8.42 Å². The molecule has 0 aromatic heterocycles. The molecule has 108 valence electrons. The van der Waals surface area contributed by atoms with Gasteiger partial charge in [-0.3, -0.25) is 0 Å². The number of nitrogens with one attached hydrogen (secondary N) is 1.